The van der Waals surface area contributed by atoms with Crippen LogP contribution in [0.2, 0.25) is 0 Å². The second-order valence-corrected chi connectivity index (χ2v) is 5.02. The quantitative estimate of drug-likeness (QED) is 0.845. The van der Waals surface area contributed by atoms with Crippen LogP contribution in [-0.4, -0.2) is 13.6 Å². The summed E-state index contributed by atoms with van der Waals surface area (Å²) in [6, 6.07) is 15.5. The fourth-order valence-electron chi connectivity index (χ4n) is 2.34. The third kappa shape index (κ3) is 2.89. The molecule has 96 valence electrons. The van der Waals surface area contributed by atoms with E-state index in [1.54, 1.807) is 0 Å². The van der Waals surface area contributed by atoms with Crippen LogP contribution >= 0.6 is 0 Å². The fourth-order valence-corrected chi connectivity index (χ4v) is 2.34. The van der Waals surface area contributed by atoms with Gasteiger partial charge >= 0.3 is 0 Å². The highest BCUT2D eigenvalue weighted by Gasteiger charge is 2.12. The molecule has 18 heavy (non-hydrogen) atoms. The predicted octanol–water partition coefficient (Wildman–Crippen LogP) is 3.09. The summed E-state index contributed by atoms with van der Waals surface area (Å²) in [4.78, 5) is 0. The van der Waals surface area contributed by atoms with E-state index < -0.39 is 0 Å². The summed E-state index contributed by atoms with van der Waals surface area (Å²) >= 11 is 0. The Labute approximate surface area is 109 Å². The Hall–Kier alpha value is -1.38. The summed E-state index contributed by atoms with van der Waals surface area (Å²) in [6.45, 7) is 2.94. The van der Waals surface area contributed by atoms with Crippen molar-refractivity contribution in [3.05, 3.63) is 48.0 Å². The summed E-state index contributed by atoms with van der Waals surface area (Å²) in [6.07, 6.45) is 1.07. The Morgan fingerprint density at radius 2 is 1.83 bits per heavy atom. The van der Waals surface area contributed by atoms with Crippen LogP contribution in [0, 0.1) is 5.92 Å². The fraction of sp³-hybridized carbons (Fsp3) is 0.375. The van der Waals surface area contributed by atoms with Crippen LogP contribution in [0.1, 0.15) is 24.9 Å². The molecule has 0 bridgehead atoms. The highest BCUT2D eigenvalue weighted by Crippen LogP contribution is 2.24. The molecule has 2 unspecified atom stereocenters. The molecule has 0 aliphatic rings. The van der Waals surface area contributed by atoms with E-state index in [4.69, 9.17) is 5.73 Å². The van der Waals surface area contributed by atoms with Crippen molar-refractivity contribution < 1.29 is 0 Å². The van der Waals surface area contributed by atoms with E-state index in [2.05, 4.69) is 54.7 Å². The van der Waals surface area contributed by atoms with Crippen LogP contribution in [0.3, 0.4) is 0 Å². The van der Waals surface area contributed by atoms with Crippen LogP contribution in [-0.2, 0) is 0 Å². The normalized spacial score (nSPS) is 14.6. The summed E-state index contributed by atoms with van der Waals surface area (Å²) in [5.74, 6) is 0.536. The Morgan fingerprint density at radius 3 is 2.50 bits per heavy atom. The maximum atomic E-state index is 5.72. The Morgan fingerprint density at radius 1 is 1.11 bits per heavy atom. The van der Waals surface area contributed by atoms with E-state index in [1.165, 1.54) is 16.3 Å². The average Bonchev–Trinajstić information content (AvgIpc) is 2.44. The highest BCUT2D eigenvalue weighted by molar-refractivity contribution is 5.83. The summed E-state index contributed by atoms with van der Waals surface area (Å²) < 4.78 is 0. The van der Waals surface area contributed by atoms with Gasteiger partial charge in [0.25, 0.3) is 0 Å². The molecular formula is C16H22N2. The molecule has 0 radical (unpaired) electrons. The molecule has 0 amide bonds. The van der Waals surface area contributed by atoms with Gasteiger partial charge in [-0.1, -0.05) is 43.3 Å². The van der Waals surface area contributed by atoms with E-state index in [0.29, 0.717) is 12.0 Å². The zero-order valence-corrected chi connectivity index (χ0v) is 11.2. The van der Waals surface area contributed by atoms with Gasteiger partial charge in [-0.2, -0.15) is 0 Å². The first-order valence-electron chi connectivity index (χ1n) is 6.60. The third-order valence-electron chi connectivity index (χ3n) is 3.56. The number of hydrogen-bond donors (Lipinski definition) is 2. The molecule has 0 aromatic heterocycles. The molecule has 2 aromatic carbocycles. The van der Waals surface area contributed by atoms with Gasteiger partial charge in [0.05, 0.1) is 0 Å². The van der Waals surface area contributed by atoms with E-state index in [9.17, 15) is 0 Å². The van der Waals surface area contributed by atoms with Crippen LogP contribution in [0.15, 0.2) is 42.5 Å². The molecule has 0 spiro atoms. The third-order valence-corrected chi connectivity index (χ3v) is 3.56. The lowest BCUT2D eigenvalue weighted by molar-refractivity contribution is 0.438. The zero-order chi connectivity index (χ0) is 13.0. The number of nitrogens with one attached hydrogen (secondary N) is 1. The SMILES string of the molecule is CNC(CC(C)CN)c1ccc2ccccc2c1. The van der Waals surface area contributed by atoms with Crippen LogP contribution < -0.4 is 11.1 Å². The highest BCUT2D eigenvalue weighted by atomic mass is 14.9. The van der Waals surface area contributed by atoms with E-state index in [-0.39, 0.29) is 0 Å². The molecule has 0 fully saturated rings. The molecule has 0 aliphatic heterocycles. The molecule has 0 saturated carbocycles. The summed E-state index contributed by atoms with van der Waals surface area (Å²) in [5.41, 5.74) is 7.06. The predicted molar refractivity (Wildman–Crippen MR) is 78.6 cm³/mol. The van der Waals surface area contributed by atoms with Crippen molar-refractivity contribution in [3.63, 3.8) is 0 Å². The molecule has 2 atom stereocenters. The van der Waals surface area contributed by atoms with Crippen LogP contribution in [0.25, 0.3) is 10.8 Å². The largest absolute Gasteiger partial charge is 0.330 e. The lowest BCUT2D eigenvalue weighted by Gasteiger charge is -2.20. The number of benzene rings is 2. The lowest BCUT2D eigenvalue weighted by Crippen LogP contribution is -2.22. The van der Waals surface area contributed by atoms with Gasteiger partial charge in [0.1, 0.15) is 0 Å². The standard InChI is InChI=1S/C16H22N2/c1-12(11-17)9-16(18-2)15-8-7-13-5-3-4-6-14(13)10-15/h3-8,10,12,16,18H,9,11,17H2,1-2H3. The van der Waals surface area contributed by atoms with Gasteiger partial charge in [0, 0.05) is 6.04 Å². The first-order chi connectivity index (χ1) is 8.74. The number of hydrogen-bond acceptors (Lipinski definition) is 2. The van der Waals surface area contributed by atoms with Crippen molar-refractivity contribution in [2.24, 2.45) is 11.7 Å². The number of rotatable bonds is 5. The Balaban J connectivity index is 2.27. The Bertz CT molecular complexity index is 507. The van der Waals surface area contributed by atoms with Crippen molar-refractivity contribution >= 4 is 10.8 Å². The molecular weight excluding hydrogens is 220 g/mol. The average molecular weight is 242 g/mol. The molecule has 2 heteroatoms. The zero-order valence-electron chi connectivity index (χ0n) is 11.2. The van der Waals surface area contributed by atoms with Gasteiger partial charge in [0.15, 0.2) is 0 Å². The molecule has 0 aliphatic carbocycles. The molecule has 0 saturated heterocycles. The molecule has 2 nitrogen and oxygen atoms in total. The first-order valence-corrected chi connectivity index (χ1v) is 6.60. The van der Waals surface area contributed by atoms with Gasteiger partial charge < -0.3 is 11.1 Å². The van der Waals surface area contributed by atoms with Crippen LogP contribution in [0.5, 0.6) is 0 Å². The maximum Gasteiger partial charge on any atom is 0.0320 e. The first kappa shape index (κ1) is 13.1. The second-order valence-electron chi connectivity index (χ2n) is 5.02. The van der Waals surface area contributed by atoms with Crippen molar-refractivity contribution in [2.45, 2.75) is 19.4 Å². The lowest BCUT2D eigenvalue weighted by atomic mass is 9.94. The molecule has 3 N–H and O–H groups in total. The molecule has 2 aromatic rings. The summed E-state index contributed by atoms with van der Waals surface area (Å²) in [5, 5.41) is 5.99. The van der Waals surface area contributed by atoms with Crippen molar-refractivity contribution in [1.82, 2.24) is 5.32 Å². The Kier molecular flexibility index (Phi) is 4.34. The molecule has 2 rings (SSSR count). The van der Waals surface area contributed by atoms with Gasteiger partial charge in [-0.15, -0.1) is 0 Å². The van der Waals surface area contributed by atoms with Gasteiger partial charge in [0.2, 0.25) is 0 Å². The topological polar surface area (TPSA) is 38.0 Å². The van der Waals surface area contributed by atoms with Crippen LogP contribution in [0.4, 0.5) is 0 Å². The van der Waals surface area contributed by atoms with E-state index in [0.717, 1.165) is 13.0 Å². The van der Waals surface area contributed by atoms with Crippen molar-refractivity contribution in [2.75, 3.05) is 13.6 Å². The van der Waals surface area contributed by atoms with Gasteiger partial charge in [-0.05, 0) is 48.3 Å². The van der Waals surface area contributed by atoms with Gasteiger partial charge in [-0.25, -0.2) is 0 Å². The maximum absolute atomic E-state index is 5.72. The minimum atomic E-state index is 0.383. The van der Waals surface area contributed by atoms with Crippen molar-refractivity contribution in [3.8, 4) is 0 Å². The molecule has 0 heterocycles. The summed E-state index contributed by atoms with van der Waals surface area (Å²) in [7, 11) is 2.02. The minimum Gasteiger partial charge on any atom is -0.330 e. The van der Waals surface area contributed by atoms with E-state index in [1.807, 2.05) is 7.05 Å². The number of nitrogens with two attached hydrogens (primary N) is 1. The number of fused-ring (bicyclic) bond motifs is 1. The van der Waals surface area contributed by atoms with Crippen molar-refractivity contribution in [1.29, 1.82) is 0 Å². The minimum absolute atomic E-state index is 0.383. The van der Waals surface area contributed by atoms with E-state index >= 15 is 0 Å². The van der Waals surface area contributed by atoms with Gasteiger partial charge in [-0.3, -0.25) is 0 Å². The smallest absolute Gasteiger partial charge is 0.0320 e. The second kappa shape index (κ2) is 5.98. The monoisotopic (exact) mass is 242 g/mol.